The Bertz CT molecular complexity index is 1170. The highest BCUT2D eigenvalue weighted by Gasteiger charge is 2.56. The first-order chi connectivity index (χ1) is 13.3. The van der Waals surface area contributed by atoms with E-state index in [0.29, 0.717) is 17.3 Å². The van der Waals surface area contributed by atoms with E-state index in [1.54, 1.807) is 0 Å². The van der Waals surface area contributed by atoms with Crippen LogP contribution in [0.1, 0.15) is 62.3 Å². The average Bonchev–Trinajstić information content (AvgIpc) is 2.74. The van der Waals surface area contributed by atoms with Crippen molar-refractivity contribution in [3.63, 3.8) is 0 Å². The first-order valence-electron chi connectivity index (χ1n) is 10.9. The predicted molar refractivity (Wildman–Crippen MR) is 112 cm³/mol. The number of aromatic nitrogens is 1. The zero-order chi connectivity index (χ0) is 21.5. The molecule has 0 saturated carbocycles. The molecule has 1 aromatic heterocycles. The molecule has 4 rings (SSSR count). The van der Waals surface area contributed by atoms with Crippen LogP contribution in [0.3, 0.4) is 0 Å². The number of nitrogens with zero attached hydrogens (tertiary/aromatic N) is 1. The lowest BCUT2D eigenvalue weighted by molar-refractivity contribution is 0.125. The fraction of sp³-hybridized carbons (Fsp3) is 0.400. The summed E-state index contributed by atoms with van der Waals surface area (Å²) in [5, 5.41) is 1.07. The third-order valence-electron chi connectivity index (χ3n) is 7.39. The van der Waals surface area contributed by atoms with Gasteiger partial charge in [-0.2, -0.15) is 0 Å². The van der Waals surface area contributed by atoms with Crippen molar-refractivity contribution in [2.24, 2.45) is 5.41 Å². The van der Waals surface area contributed by atoms with E-state index in [0.717, 1.165) is 27.6 Å². The Morgan fingerprint density at radius 1 is 0.846 bits per heavy atom. The van der Waals surface area contributed by atoms with Gasteiger partial charge < -0.3 is 0 Å². The average molecular weight is 347 g/mol. The Hall–Kier alpha value is -2.15. The van der Waals surface area contributed by atoms with Crippen molar-refractivity contribution in [1.82, 2.24) is 4.98 Å². The first-order valence-corrected chi connectivity index (χ1v) is 9.35. The van der Waals surface area contributed by atoms with E-state index in [1.807, 2.05) is 24.3 Å². The molecular formula is C25H29N. The van der Waals surface area contributed by atoms with Crippen LogP contribution in [0.4, 0.5) is 0 Å². The summed E-state index contributed by atoms with van der Waals surface area (Å²) in [4.78, 5) is 4.79. The third-order valence-corrected chi connectivity index (χ3v) is 7.39. The van der Waals surface area contributed by atoms with Crippen LogP contribution in [0, 0.1) is 12.3 Å². The van der Waals surface area contributed by atoms with Gasteiger partial charge in [0.2, 0.25) is 0 Å². The van der Waals surface area contributed by atoms with Crippen LogP contribution in [0.15, 0.2) is 48.5 Å². The largest absolute Gasteiger partial charge is 0.248 e. The predicted octanol–water partition coefficient (Wildman–Crippen LogP) is 6.81. The molecule has 1 aliphatic rings. The molecule has 2 aromatic carbocycles. The van der Waals surface area contributed by atoms with Crippen molar-refractivity contribution >= 4 is 10.9 Å². The summed E-state index contributed by atoms with van der Waals surface area (Å²) in [5.41, 5.74) is 4.07. The van der Waals surface area contributed by atoms with Crippen LogP contribution in [-0.4, -0.2) is 4.98 Å². The molecular weight excluding hydrogens is 314 g/mol. The van der Waals surface area contributed by atoms with Gasteiger partial charge in [0.15, 0.2) is 0 Å². The molecule has 1 aliphatic carbocycles. The molecule has 1 heteroatoms. The van der Waals surface area contributed by atoms with E-state index in [1.165, 1.54) is 0 Å². The fourth-order valence-electron chi connectivity index (χ4n) is 4.33. The number of hydrogen-bond donors (Lipinski definition) is 0. The van der Waals surface area contributed by atoms with Crippen LogP contribution in [-0.2, 0) is 10.8 Å². The molecule has 0 N–H and O–H groups in total. The SMILES string of the molecule is [2H]c1c([2H])c2c(c([2H])c1-c1ccc3c(C)cccc3n1)C(C)(C)C(C)(C)C2(C)C. The van der Waals surface area contributed by atoms with E-state index < -0.39 is 0 Å². The second-order valence-electron chi connectivity index (χ2n) is 9.21. The van der Waals surface area contributed by atoms with Gasteiger partial charge in [0, 0.05) is 10.9 Å². The maximum Gasteiger partial charge on any atom is 0.0712 e. The zero-order valence-corrected chi connectivity index (χ0v) is 16.8. The topological polar surface area (TPSA) is 12.9 Å². The number of aryl methyl sites for hydroxylation is 1. The van der Waals surface area contributed by atoms with Crippen molar-refractivity contribution < 1.29 is 4.11 Å². The lowest BCUT2D eigenvalue weighted by Gasteiger charge is -2.44. The van der Waals surface area contributed by atoms with Gasteiger partial charge in [-0.25, -0.2) is 4.98 Å². The molecule has 0 fully saturated rings. The summed E-state index contributed by atoms with van der Waals surface area (Å²) >= 11 is 0. The van der Waals surface area contributed by atoms with Crippen LogP contribution in [0.2, 0.25) is 0 Å². The zero-order valence-electron chi connectivity index (χ0n) is 19.8. The second kappa shape index (κ2) is 5.19. The van der Waals surface area contributed by atoms with Crippen LogP contribution >= 0.6 is 0 Å². The van der Waals surface area contributed by atoms with Crippen molar-refractivity contribution in [3.05, 3.63) is 65.1 Å². The summed E-state index contributed by atoms with van der Waals surface area (Å²) in [6.07, 6.45) is 0. The van der Waals surface area contributed by atoms with E-state index in [2.05, 4.69) is 54.5 Å². The highest BCUT2D eigenvalue weighted by molar-refractivity contribution is 5.84. The van der Waals surface area contributed by atoms with Crippen LogP contribution < -0.4 is 0 Å². The highest BCUT2D eigenvalue weighted by atomic mass is 14.7. The minimum absolute atomic E-state index is 0.106. The van der Waals surface area contributed by atoms with Crippen molar-refractivity contribution in [1.29, 1.82) is 0 Å². The molecule has 0 amide bonds. The highest BCUT2D eigenvalue weighted by Crippen LogP contribution is 2.61. The molecule has 0 spiro atoms. The Morgan fingerprint density at radius 2 is 1.54 bits per heavy atom. The number of rotatable bonds is 1. The van der Waals surface area contributed by atoms with Gasteiger partial charge >= 0.3 is 0 Å². The molecule has 134 valence electrons. The first kappa shape index (κ1) is 14.0. The molecule has 3 aromatic rings. The van der Waals surface area contributed by atoms with E-state index >= 15 is 0 Å². The fourth-order valence-corrected chi connectivity index (χ4v) is 4.33. The molecule has 0 radical (unpaired) electrons. The van der Waals surface area contributed by atoms with Crippen LogP contribution in [0.5, 0.6) is 0 Å². The summed E-state index contributed by atoms with van der Waals surface area (Å²) in [6, 6.07) is 10.6. The summed E-state index contributed by atoms with van der Waals surface area (Å²) < 4.78 is 26.8. The minimum Gasteiger partial charge on any atom is -0.248 e. The lowest BCUT2D eigenvalue weighted by Crippen LogP contribution is -2.42. The molecule has 0 aliphatic heterocycles. The molecule has 0 saturated heterocycles. The van der Waals surface area contributed by atoms with Crippen molar-refractivity contribution in [3.8, 4) is 11.3 Å². The maximum absolute atomic E-state index is 9.12. The normalized spacial score (nSPS) is 21.1. The third kappa shape index (κ3) is 2.06. The molecule has 1 nitrogen and oxygen atoms in total. The van der Waals surface area contributed by atoms with Gasteiger partial charge in [0.1, 0.15) is 0 Å². The van der Waals surface area contributed by atoms with E-state index in [9.17, 15) is 0 Å². The monoisotopic (exact) mass is 346 g/mol. The number of benzene rings is 2. The summed E-state index contributed by atoms with van der Waals surface area (Å²) in [5.74, 6) is 0. The van der Waals surface area contributed by atoms with Gasteiger partial charge in [-0.1, -0.05) is 71.8 Å². The Labute approximate surface area is 161 Å². The van der Waals surface area contributed by atoms with Gasteiger partial charge in [-0.15, -0.1) is 0 Å². The maximum atomic E-state index is 9.12. The van der Waals surface area contributed by atoms with E-state index in [4.69, 9.17) is 9.10 Å². The molecule has 0 unspecified atom stereocenters. The number of pyridine rings is 1. The number of fused-ring (bicyclic) bond motifs is 2. The quantitative estimate of drug-likeness (QED) is 0.472. The smallest absolute Gasteiger partial charge is 0.0712 e. The van der Waals surface area contributed by atoms with Crippen LogP contribution in [0.25, 0.3) is 22.2 Å². The molecule has 1 heterocycles. The summed E-state index contributed by atoms with van der Waals surface area (Å²) in [6.45, 7) is 15.1. The van der Waals surface area contributed by atoms with Gasteiger partial charge in [0.05, 0.1) is 15.3 Å². The molecule has 0 bridgehead atoms. The molecule has 26 heavy (non-hydrogen) atoms. The summed E-state index contributed by atoms with van der Waals surface area (Å²) in [7, 11) is 0. The lowest BCUT2D eigenvalue weighted by atomic mass is 9.59. The Morgan fingerprint density at radius 3 is 2.27 bits per heavy atom. The molecule has 0 atom stereocenters. The van der Waals surface area contributed by atoms with Crippen molar-refractivity contribution in [2.75, 3.05) is 0 Å². The van der Waals surface area contributed by atoms with Gasteiger partial charge in [-0.05, 0) is 58.0 Å². The minimum atomic E-state index is -0.305. The Balaban J connectivity index is 2.09. The van der Waals surface area contributed by atoms with Crippen molar-refractivity contribution in [2.45, 2.75) is 59.3 Å². The van der Waals surface area contributed by atoms with E-state index in [-0.39, 0.29) is 28.3 Å². The Kier molecular flexibility index (Phi) is 2.79. The van der Waals surface area contributed by atoms with Gasteiger partial charge in [-0.3, -0.25) is 0 Å². The number of hydrogen-bond acceptors (Lipinski definition) is 1. The van der Waals surface area contributed by atoms with Gasteiger partial charge in [0.25, 0.3) is 0 Å². The standard InChI is InChI=1S/C25H29N/c1-16-9-8-10-22-18(16)12-14-21(26-22)17-11-13-19-20(15-17)24(4,5)25(6,7)23(19,2)3/h8-15H,1-7H3/i11D,13D,15D. The second-order valence-corrected chi connectivity index (χ2v) is 9.21.